The van der Waals surface area contributed by atoms with Gasteiger partial charge in [-0.25, -0.2) is 9.97 Å². The zero-order chi connectivity index (χ0) is 19.9. The number of aryl methyl sites for hydroxylation is 2. The zero-order valence-electron chi connectivity index (χ0n) is 16.3. The SMILES string of the molecule is CCc1ccccc1NC(=O)c1cc(NCc2ccc(OC)cc2)nc(C)n1. The van der Waals surface area contributed by atoms with Crippen LogP contribution >= 0.6 is 0 Å². The fourth-order valence-corrected chi connectivity index (χ4v) is 2.85. The normalized spacial score (nSPS) is 10.4. The van der Waals surface area contributed by atoms with Gasteiger partial charge in [0, 0.05) is 18.3 Å². The van der Waals surface area contributed by atoms with E-state index in [1.165, 1.54) is 0 Å². The van der Waals surface area contributed by atoms with Crippen molar-refractivity contribution >= 4 is 17.4 Å². The maximum Gasteiger partial charge on any atom is 0.274 e. The van der Waals surface area contributed by atoms with Crippen LogP contribution in [-0.2, 0) is 13.0 Å². The number of carbonyl (C=O) groups excluding carboxylic acids is 1. The fourth-order valence-electron chi connectivity index (χ4n) is 2.85. The van der Waals surface area contributed by atoms with Crippen LogP contribution in [0.4, 0.5) is 11.5 Å². The standard InChI is InChI=1S/C22H24N4O2/c1-4-17-7-5-6-8-19(17)26-22(27)20-13-21(25-15(2)24-20)23-14-16-9-11-18(28-3)12-10-16/h5-13H,4,14H2,1-3H3,(H,26,27)(H,23,24,25). The smallest absolute Gasteiger partial charge is 0.274 e. The molecule has 0 aliphatic heterocycles. The van der Waals surface area contributed by atoms with E-state index in [9.17, 15) is 4.79 Å². The number of nitrogens with zero attached hydrogens (tertiary/aromatic N) is 2. The molecule has 3 aromatic rings. The van der Waals surface area contributed by atoms with Gasteiger partial charge in [0.15, 0.2) is 0 Å². The third-order valence-corrected chi connectivity index (χ3v) is 4.35. The first-order valence-corrected chi connectivity index (χ1v) is 9.20. The third kappa shape index (κ3) is 4.85. The average Bonchev–Trinajstić information content (AvgIpc) is 2.72. The number of ether oxygens (including phenoxy) is 1. The molecule has 0 fully saturated rings. The van der Waals surface area contributed by atoms with Crippen molar-refractivity contribution < 1.29 is 9.53 Å². The minimum Gasteiger partial charge on any atom is -0.497 e. The molecule has 3 rings (SSSR count). The monoisotopic (exact) mass is 376 g/mol. The van der Waals surface area contributed by atoms with Crippen LogP contribution in [0.2, 0.25) is 0 Å². The largest absolute Gasteiger partial charge is 0.497 e. The number of hydrogen-bond acceptors (Lipinski definition) is 5. The summed E-state index contributed by atoms with van der Waals surface area (Å²) >= 11 is 0. The summed E-state index contributed by atoms with van der Waals surface area (Å²) < 4.78 is 5.17. The highest BCUT2D eigenvalue weighted by Gasteiger charge is 2.12. The van der Waals surface area contributed by atoms with E-state index in [-0.39, 0.29) is 5.91 Å². The van der Waals surface area contributed by atoms with Gasteiger partial charge in [0.25, 0.3) is 5.91 Å². The van der Waals surface area contributed by atoms with Gasteiger partial charge in [-0.3, -0.25) is 4.79 Å². The predicted molar refractivity (Wildman–Crippen MR) is 111 cm³/mol. The summed E-state index contributed by atoms with van der Waals surface area (Å²) in [6.07, 6.45) is 0.841. The van der Waals surface area contributed by atoms with E-state index in [1.807, 2.05) is 48.5 Å². The summed E-state index contributed by atoms with van der Waals surface area (Å²) in [5.41, 5.74) is 3.30. The van der Waals surface area contributed by atoms with Crippen molar-refractivity contribution in [1.29, 1.82) is 0 Å². The summed E-state index contributed by atoms with van der Waals surface area (Å²) in [4.78, 5) is 21.4. The molecule has 1 aromatic heterocycles. The molecule has 0 radical (unpaired) electrons. The second-order valence-electron chi connectivity index (χ2n) is 6.35. The number of methoxy groups -OCH3 is 1. The number of hydrogen-bond donors (Lipinski definition) is 2. The lowest BCUT2D eigenvalue weighted by Crippen LogP contribution is -2.16. The van der Waals surface area contributed by atoms with Gasteiger partial charge in [-0.15, -0.1) is 0 Å². The molecule has 0 aliphatic carbocycles. The number of nitrogens with one attached hydrogen (secondary N) is 2. The molecule has 0 unspecified atom stereocenters. The van der Waals surface area contributed by atoms with Crippen LogP contribution in [0, 0.1) is 6.92 Å². The van der Waals surface area contributed by atoms with Crippen LogP contribution in [-0.4, -0.2) is 23.0 Å². The number of para-hydroxylation sites is 1. The zero-order valence-corrected chi connectivity index (χ0v) is 16.3. The van der Waals surface area contributed by atoms with Gasteiger partial charge in [-0.05, 0) is 42.7 Å². The highest BCUT2D eigenvalue weighted by Crippen LogP contribution is 2.17. The maximum absolute atomic E-state index is 12.7. The molecular formula is C22H24N4O2. The van der Waals surface area contributed by atoms with Gasteiger partial charge in [0.2, 0.25) is 0 Å². The number of amides is 1. The summed E-state index contributed by atoms with van der Waals surface area (Å²) in [6, 6.07) is 17.2. The Morgan fingerprint density at radius 3 is 2.54 bits per heavy atom. The quantitative estimate of drug-likeness (QED) is 0.646. The molecule has 1 heterocycles. The lowest BCUT2D eigenvalue weighted by Gasteiger charge is -2.11. The van der Waals surface area contributed by atoms with E-state index in [2.05, 4.69) is 27.5 Å². The van der Waals surface area contributed by atoms with Crippen molar-refractivity contribution in [2.24, 2.45) is 0 Å². The third-order valence-electron chi connectivity index (χ3n) is 4.35. The molecule has 2 N–H and O–H groups in total. The molecule has 28 heavy (non-hydrogen) atoms. The Morgan fingerprint density at radius 2 is 1.82 bits per heavy atom. The van der Waals surface area contributed by atoms with Crippen molar-refractivity contribution in [1.82, 2.24) is 9.97 Å². The Bertz CT molecular complexity index is 955. The van der Waals surface area contributed by atoms with E-state index in [4.69, 9.17) is 4.74 Å². The van der Waals surface area contributed by atoms with Crippen LogP contribution in [0.1, 0.15) is 34.4 Å². The van der Waals surface area contributed by atoms with Gasteiger partial charge in [-0.2, -0.15) is 0 Å². The first-order valence-electron chi connectivity index (χ1n) is 9.20. The van der Waals surface area contributed by atoms with Gasteiger partial charge >= 0.3 is 0 Å². The van der Waals surface area contributed by atoms with E-state index in [0.717, 1.165) is 29.0 Å². The summed E-state index contributed by atoms with van der Waals surface area (Å²) in [5, 5.41) is 6.20. The number of anilines is 2. The van der Waals surface area contributed by atoms with Crippen molar-refractivity contribution in [2.75, 3.05) is 17.7 Å². The highest BCUT2D eigenvalue weighted by atomic mass is 16.5. The first kappa shape index (κ1) is 19.4. The molecule has 1 amide bonds. The van der Waals surface area contributed by atoms with Crippen LogP contribution in [0.15, 0.2) is 54.6 Å². The Balaban J connectivity index is 1.72. The number of aromatic nitrogens is 2. The van der Waals surface area contributed by atoms with Crippen molar-refractivity contribution in [3.63, 3.8) is 0 Å². The highest BCUT2D eigenvalue weighted by molar-refractivity contribution is 6.03. The Morgan fingerprint density at radius 1 is 1.07 bits per heavy atom. The van der Waals surface area contributed by atoms with E-state index in [0.29, 0.717) is 23.9 Å². The minimum absolute atomic E-state index is 0.251. The molecule has 0 spiro atoms. The van der Waals surface area contributed by atoms with E-state index >= 15 is 0 Å². The summed E-state index contributed by atoms with van der Waals surface area (Å²) in [5.74, 6) is 1.71. The van der Waals surface area contributed by atoms with Crippen LogP contribution in [0.5, 0.6) is 5.75 Å². The number of rotatable bonds is 7. The van der Waals surface area contributed by atoms with Crippen molar-refractivity contribution in [3.05, 3.63) is 77.2 Å². The maximum atomic E-state index is 12.7. The fraction of sp³-hybridized carbons (Fsp3) is 0.227. The topological polar surface area (TPSA) is 76.1 Å². The lowest BCUT2D eigenvalue weighted by atomic mass is 10.1. The molecule has 0 saturated heterocycles. The predicted octanol–water partition coefficient (Wildman–Crippen LogP) is 4.22. The summed E-state index contributed by atoms with van der Waals surface area (Å²) in [7, 11) is 1.64. The van der Waals surface area contributed by atoms with Crippen molar-refractivity contribution in [3.8, 4) is 5.75 Å². The number of benzene rings is 2. The van der Waals surface area contributed by atoms with Gasteiger partial charge in [0.05, 0.1) is 7.11 Å². The molecular weight excluding hydrogens is 352 g/mol. The second kappa shape index (κ2) is 8.99. The van der Waals surface area contributed by atoms with Crippen LogP contribution in [0.25, 0.3) is 0 Å². The average molecular weight is 376 g/mol. The minimum atomic E-state index is -0.251. The molecule has 2 aromatic carbocycles. The molecule has 0 bridgehead atoms. The van der Waals surface area contributed by atoms with Crippen LogP contribution in [0.3, 0.4) is 0 Å². The molecule has 0 saturated carbocycles. The van der Waals surface area contributed by atoms with Gasteiger partial charge in [0.1, 0.15) is 23.1 Å². The number of carbonyl (C=O) groups is 1. The van der Waals surface area contributed by atoms with Crippen molar-refractivity contribution in [2.45, 2.75) is 26.8 Å². The lowest BCUT2D eigenvalue weighted by molar-refractivity contribution is 0.102. The van der Waals surface area contributed by atoms with Gasteiger partial charge in [-0.1, -0.05) is 37.3 Å². The summed E-state index contributed by atoms with van der Waals surface area (Å²) in [6.45, 7) is 4.41. The Labute approximate surface area is 165 Å². The Kier molecular flexibility index (Phi) is 6.22. The van der Waals surface area contributed by atoms with Crippen LogP contribution < -0.4 is 15.4 Å². The van der Waals surface area contributed by atoms with E-state index in [1.54, 1.807) is 20.1 Å². The second-order valence-corrected chi connectivity index (χ2v) is 6.35. The molecule has 0 atom stereocenters. The molecule has 144 valence electrons. The van der Waals surface area contributed by atoms with Gasteiger partial charge < -0.3 is 15.4 Å². The molecule has 0 aliphatic rings. The Hall–Kier alpha value is -3.41. The molecule has 6 nitrogen and oxygen atoms in total. The molecule has 6 heteroatoms. The van der Waals surface area contributed by atoms with E-state index < -0.39 is 0 Å². The first-order chi connectivity index (χ1) is 13.6.